The van der Waals surface area contributed by atoms with Crippen molar-refractivity contribution in [2.45, 2.75) is 26.8 Å². The number of esters is 1. The maximum atomic E-state index is 13.7. The molecule has 4 aromatic rings. The Balaban J connectivity index is 1.78. The Hall–Kier alpha value is -4.71. The topological polar surface area (TPSA) is 133 Å². The average Bonchev–Trinajstić information content (AvgIpc) is 3.58. The fourth-order valence-electron chi connectivity index (χ4n) is 4.77. The predicted octanol–water partition coefficient (Wildman–Crippen LogP) is 4.23. The number of rotatable bonds is 7. The van der Waals surface area contributed by atoms with Crippen molar-refractivity contribution in [1.82, 2.24) is 14.4 Å². The molecule has 5 rings (SSSR count). The zero-order valence-electron chi connectivity index (χ0n) is 22.4. The first-order valence-electron chi connectivity index (χ1n) is 12.3. The smallest absolute Gasteiger partial charge is 0.350 e. The quantitative estimate of drug-likeness (QED) is 0.152. The number of fused-ring (bicyclic) bond motifs is 1. The van der Waals surface area contributed by atoms with Crippen LogP contribution in [0.3, 0.4) is 0 Å². The van der Waals surface area contributed by atoms with Crippen LogP contribution in [0.5, 0.6) is 11.5 Å². The molecule has 11 nitrogen and oxygen atoms in total. The maximum Gasteiger partial charge on any atom is 0.350 e. The maximum absolute atomic E-state index is 13.7. The van der Waals surface area contributed by atoms with Crippen LogP contribution in [0.2, 0.25) is 0 Å². The molecule has 206 valence electrons. The Morgan fingerprint density at radius 1 is 1.07 bits per heavy atom. The summed E-state index contributed by atoms with van der Waals surface area (Å²) in [6, 6.07) is 9.24. The summed E-state index contributed by atoms with van der Waals surface area (Å²) in [5, 5.41) is 11.8. The third-order valence-corrected chi connectivity index (χ3v) is 7.68. The molecule has 3 aromatic heterocycles. The summed E-state index contributed by atoms with van der Waals surface area (Å²) >= 11 is 0.921. The molecule has 1 amide bonds. The first kappa shape index (κ1) is 26.9. The molecule has 1 N–H and O–H groups in total. The number of hydrogen-bond acceptors (Lipinski definition) is 10. The van der Waals surface area contributed by atoms with E-state index in [9.17, 15) is 19.5 Å². The summed E-state index contributed by atoms with van der Waals surface area (Å²) in [6.45, 7) is 5.56. The van der Waals surface area contributed by atoms with Gasteiger partial charge in [-0.25, -0.2) is 14.8 Å². The van der Waals surface area contributed by atoms with Gasteiger partial charge in [-0.3, -0.25) is 18.9 Å². The number of nitrogens with zero attached hydrogens (tertiary/aromatic N) is 4. The molecular weight excluding hydrogens is 536 g/mol. The van der Waals surface area contributed by atoms with E-state index >= 15 is 0 Å². The second-order valence-corrected chi connectivity index (χ2v) is 9.87. The number of thiazole rings is 1. The van der Waals surface area contributed by atoms with Gasteiger partial charge in [0.1, 0.15) is 16.2 Å². The van der Waals surface area contributed by atoms with Crippen LogP contribution in [0.25, 0.3) is 11.4 Å². The highest BCUT2D eigenvalue weighted by Gasteiger charge is 2.49. The van der Waals surface area contributed by atoms with E-state index < -0.39 is 29.5 Å². The second kappa shape index (κ2) is 10.5. The van der Waals surface area contributed by atoms with Crippen molar-refractivity contribution in [1.29, 1.82) is 0 Å². The fourth-order valence-corrected chi connectivity index (χ4v) is 5.78. The van der Waals surface area contributed by atoms with Crippen molar-refractivity contribution in [2.75, 3.05) is 25.7 Å². The summed E-state index contributed by atoms with van der Waals surface area (Å²) in [5.41, 5.74) is 1.96. The number of methoxy groups -OCH3 is 2. The van der Waals surface area contributed by atoms with Gasteiger partial charge in [-0.15, -0.1) is 0 Å². The Bertz CT molecular complexity index is 1700. The van der Waals surface area contributed by atoms with Gasteiger partial charge in [-0.2, -0.15) is 0 Å². The number of carbonyl (C=O) groups excluding carboxylic acids is 3. The molecule has 1 aliphatic rings. The molecule has 0 bridgehead atoms. The minimum Gasteiger partial charge on any atom is -0.505 e. The van der Waals surface area contributed by atoms with Gasteiger partial charge < -0.3 is 19.3 Å². The standard InChI is InChI=1S/C28H26N4O7S/c1-6-39-17-11-10-16(13-18(17)37-4)22-20(23(33)21-14(2)29-19-9-7-8-12-31(19)21)24(34)26(35)32(22)28-30-15(3)25(40-28)27(36)38-5/h7-13,22,33H,6H2,1-5H3. The number of aromatic nitrogens is 3. The molecule has 0 radical (unpaired) electrons. The Morgan fingerprint density at radius 2 is 1.85 bits per heavy atom. The molecule has 40 heavy (non-hydrogen) atoms. The van der Waals surface area contributed by atoms with E-state index in [1.165, 1.54) is 19.1 Å². The van der Waals surface area contributed by atoms with E-state index in [2.05, 4.69) is 9.97 Å². The molecule has 1 fully saturated rings. The third kappa shape index (κ3) is 4.26. The lowest BCUT2D eigenvalue weighted by molar-refractivity contribution is -0.132. The van der Waals surface area contributed by atoms with Crippen LogP contribution in [0, 0.1) is 13.8 Å². The average molecular weight is 563 g/mol. The van der Waals surface area contributed by atoms with Gasteiger partial charge in [-0.1, -0.05) is 23.5 Å². The summed E-state index contributed by atoms with van der Waals surface area (Å²) in [4.78, 5) is 49.9. The molecule has 0 aliphatic carbocycles. The molecule has 1 aromatic carbocycles. The Kier molecular flexibility index (Phi) is 7.03. The summed E-state index contributed by atoms with van der Waals surface area (Å²) in [6.07, 6.45) is 1.71. The molecule has 1 atom stereocenters. The van der Waals surface area contributed by atoms with Crippen molar-refractivity contribution in [3.8, 4) is 11.5 Å². The number of aryl methyl sites for hydroxylation is 2. The van der Waals surface area contributed by atoms with Gasteiger partial charge >= 0.3 is 11.9 Å². The number of anilines is 1. The van der Waals surface area contributed by atoms with Crippen molar-refractivity contribution >= 4 is 45.5 Å². The Morgan fingerprint density at radius 3 is 2.55 bits per heavy atom. The monoisotopic (exact) mass is 562 g/mol. The van der Waals surface area contributed by atoms with Gasteiger partial charge in [0.2, 0.25) is 0 Å². The predicted molar refractivity (Wildman–Crippen MR) is 147 cm³/mol. The van der Waals surface area contributed by atoms with Crippen LogP contribution in [0.15, 0.2) is 48.2 Å². The van der Waals surface area contributed by atoms with Crippen molar-refractivity contribution in [2.24, 2.45) is 0 Å². The van der Waals surface area contributed by atoms with E-state index in [1.807, 2.05) is 6.92 Å². The van der Waals surface area contributed by atoms with E-state index in [-0.39, 0.29) is 21.3 Å². The molecular formula is C28H26N4O7S. The first-order chi connectivity index (χ1) is 19.2. The van der Waals surface area contributed by atoms with Gasteiger partial charge in [0.25, 0.3) is 5.78 Å². The molecule has 4 heterocycles. The largest absolute Gasteiger partial charge is 0.505 e. The van der Waals surface area contributed by atoms with Crippen LogP contribution < -0.4 is 14.4 Å². The first-order valence-corrected chi connectivity index (χ1v) is 13.1. The number of carbonyl (C=O) groups is 3. The summed E-state index contributed by atoms with van der Waals surface area (Å²) < 4.78 is 17.7. The normalized spacial score (nSPS) is 16.5. The van der Waals surface area contributed by atoms with E-state index in [4.69, 9.17) is 14.2 Å². The summed E-state index contributed by atoms with van der Waals surface area (Å²) in [7, 11) is 2.73. The number of pyridine rings is 1. The minimum absolute atomic E-state index is 0.103. The molecule has 0 saturated carbocycles. The van der Waals surface area contributed by atoms with E-state index in [1.54, 1.807) is 60.8 Å². The highest BCUT2D eigenvalue weighted by molar-refractivity contribution is 7.17. The van der Waals surface area contributed by atoms with Gasteiger partial charge in [0.05, 0.1) is 43.8 Å². The van der Waals surface area contributed by atoms with Gasteiger partial charge in [0, 0.05) is 6.20 Å². The number of Topliss-reactive ketones (excluding diaryl/α,β-unsaturated/α-hetero) is 1. The Labute approximate surface area is 233 Å². The number of benzene rings is 1. The van der Waals surface area contributed by atoms with Crippen LogP contribution in [-0.2, 0) is 14.3 Å². The van der Waals surface area contributed by atoms with E-state index in [0.29, 0.717) is 40.7 Å². The lowest BCUT2D eigenvalue weighted by Crippen LogP contribution is -2.29. The van der Waals surface area contributed by atoms with Crippen molar-refractivity contribution in [3.05, 3.63) is 75.7 Å². The number of aliphatic hydroxyl groups excluding tert-OH is 1. The third-order valence-electron chi connectivity index (χ3n) is 6.54. The molecule has 1 unspecified atom stereocenters. The highest BCUT2D eigenvalue weighted by Crippen LogP contribution is 2.45. The molecule has 1 aliphatic heterocycles. The lowest BCUT2D eigenvalue weighted by Gasteiger charge is -2.24. The number of ether oxygens (including phenoxy) is 3. The van der Waals surface area contributed by atoms with Crippen LogP contribution in [0.4, 0.5) is 5.13 Å². The van der Waals surface area contributed by atoms with Crippen molar-refractivity contribution in [3.63, 3.8) is 0 Å². The van der Waals surface area contributed by atoms with Crippen LogP contribution in [-0.4, -0.2) is 58.0 Å². The summed E-state index contributed by atoms with van der Waals surface area (Å²) in [5.74, 6) is -1.97. The number of aliphatic hydroxyl groups is 1. The SMILES string of the molecule is CCOc1ccc(C2C(=C(O)c3c(C)nc4ccccn34)C(=O)C(=O)N2c2nc(C)c(C(=O)OC)s2)cc1OC. The van der Waals surface area contributed by atoms with Crippen LogP contribution >= 0.6 is 11.3 Å². The molecule has 1 saturated heterocycles. The zero-order valence-corrected chi connectivity index (χ0v) is 23.2. The minimum atomic E-state index is -1.10. The van der Waals surface area contributed by atoms with Gasteiger partial charge in [-0.05, 0) is 50.6 Å². The number of hydrogen-bond donors (Lipinski definition) is 1. The fraction of sp³-hybridized carbons (Fsp3) is 0.250. The molecule has 0 spiro atoms. The second-order valence-electron chi connectivity index (χ2n) is 8.89. The number of amides is 1. The number of ketones is 1. The van der Waals surface area contributed by atoms with Crippen molar-refractivity contribution < 1.29 is 33.7 Å². The highest BCUT2D eigenvalue weighted by atomic mass is 32.1. The number of imidazole rings is 1. The molecule has 12 heteroatoms. The van der Waals surface area contributed by atoms with Crippen LogP contribution in [0.1, 0.15) is 45.3 Å². The zero-order chi connectivity index (χ0) is 28.7. The lowest BCUT2D eigenvalue weighted by atomic mass is 9.96. The van der Waals surface area contributed by atoms with Gasteiger partial charge in [0.15, 0.2) is 22.4 Å². The van der Waals surface area contributed by atoms with E-state index in [0.717, 1.165) is 11.3 Å².